The molecule has 0 amide bonds. The minimum absolute atomic E-state index is 0.0280. The van der Waals surface area contributed by atoms with Crippen molar-refractivity contribution in [2.45, 2.75) is 0 Å². The van der Waals surface area contributed by atoms with Crippen LogP contribution in [0.2, 0.25) is 0 Å². The van der Waals surface area contributed by atoms with Crippen LogP contribution >= 0.6 is 0 Å². The molecule has 2 rings (SSSR count). The zero-order chi connectivity index (χ0) is 19.0. The predicted molar refractivity (Wildman–Crippen MR) is 87.1 cm³/mol. The van der Waals surface area contributed by atoms with Crippen LogP contribution in [0.1, 0.15) is 20.7 Å². The number of aromatic hydroxyl groups is 3. The lowest BCUT2D eigenvalue weighted by atomic mass is 10.2. The maximum Gasteiger partial charge on any atom is 0.338 e. The molecule has 0 saturated heterocycles. The van der Waals surface area contributed by atoms with E-state index in [9.17, 15) is 14.7 Å². The number of ether oxygens (including phenoxy) is 3. The molecule has 2 aromatic carbocycles. The third-order valence-corrected chi connectivity index (χ3v) is 2.87. The standard InChI is InChI=1S/C9H10O4.C8H8O4/c1-12-8-4-6(9(11)13-2)3-7(10)5-8;1-12-8(11)5-2-6(9)4-7(10)3-5/h3-5,10H,1-2H3;2-4,9-10H,1H3. The number of benzene rings is 2. The third kappa shape index (κ3) is 5.94. The Morgan fingerprint density at radius 3 is 1.48 bits per heavy atom. The monoisotopic (exact) mass is 350 g/mol. The molecular weight excluding hydrogens is 332 g/mol. The first-order chi connectivity index (χ1) is 11.8. The minimum Gasteiger partial charge on any atom is -0.508 e. The van der Waals surface area contributed by atoms with E-state index in [2.05, 4.69) is 9.47 Å². The van der Waals surface area contributed by atoms with Crippen LogP contribution in [0.5, 0.6) is 23.0 Å². The van der Waals surface area contributed by atoms with Gasteiger partial charge in [-0.25, -0.2) is 9.59 Å². The second kappa shape index (κ2) is 9.02. The molecule has 134 valence electrons. The van der Waals surface area contributed by atoms with Gasteiger partial charge < -0.3 is 29.5 Å². The third-order valence-electron chi connectivity index (χ3n) is 2.87. The highest BCUT2D eigenvalue weighted by atomic mass is 16.5. The fourth-order valence-electron chi connectivity index (χ4n) is 1.77. The van der Waals surface area contributed by atoms with Crippen molar-refractivity contribution in [3.8, 4) is 23.0 Å². The molecule has 0 aliphatic rings. The average Bonchev–Trinajstić information content (AvgIpc) is 2.59. The molecule has 25 heavy (non-hydrogen) atoms. The largest absolute Gasteiger partial charge is 0.508 e. The molecule has 0 unspecified atom stereocenters. The zero-order valence-corrected chi connectivity index (χ0v) is 13.8. The Labute approximate surface area is 143 Å². The van der Waals surface area contributed by atoms with Gasteiger partial charge in [0.2, 0.25) is 0 Å². The number of phenolic OH excluding ortho intramolecular Hbond substituents is 3. The number of phenols is 3. The van der Waals surface area contributed by atoms with E-state index in [1.165, 1.54) is 51.7 Å². The first kappa shape index (κ1) is 19.6. The molecule has 3 N–H and O–H groups in total. The summed E-state index contributed by atoms with van der Waals surface area (Å²) in [5.41, 5.74) is 0.384. The van der Waals surface area contributed by atoms with Crippen molar-refractivity contribution in [2.24, 2.45) is 0 Å². The summed E-state index contributed by atoms with van der Waals surface area (Å²) in [6.07, 6.45) is 0. The molecule has 0 saturated carbocycles. The number of rotatable bonds is 3. The molecule has 8 nitrogen and oxygen atoms in total. The number of hydrogen-bond donors (Lipinski definition) is 3. The second-order valence-corrected chi connectivity index (χ2v) is 4.64. The van der Waals surface area contributed by atoms with Gasteiger partial charge in [0.1, 0.15) is 23.0 Å². The van der Waals surface area contributed by atoms with Crippen molar-refractivity contribution < 1.29 is 39.1 Å². The van der Waals surface area contributed by atoms with Crippen molar-refractivity contribution in [2.75, 3.05) is 21.3 Å². The quantitative estimate of drug-likeness (QED) is 0.719. The Balaban J connectivity index is 0.000000251. The molecule has 0 aliphatic heterocycles. The number of esters is 2. The van der Waals surface area contributed by atoms with Gasteiger partial charge in [0.05, 0.1) is 32.5 Å². The summed E-state index contributed by atoms with van der Waals surface area (Å²) in [7, 11) is 3.96. The van der Waals surface area contributed by atoms with E-state index in [4.69, 9.17) is 14.9 Å². The average molecular weight is 350 g/mol. The smallest absolute Gasteiger partial charge is 0.338 e. The van der Waals surface area contributed by atoms with Gasteiger partial charge in [-0.1, -0.05) is 0 Å². The Kier molecular flexibility index (Phi) is 7.08. The van der Waals surface area contributed by atoms with Crippen LogP contribution in [-0.4, -0.2) is 48.6 Å². The van der Waals surface area contributed by atoms with E-state index >= 15 is 0 Å². The molecule has 0 aromatic heterocycles. The van der Waals surface area contributed by atoms with Gasteiger partial charge in [-0.05, 0) is 24.3 Å². The maximum absolute atomic E-state index is 11.0. The van der Waals surface area contributed by atoms with E-state index in [0.29, 0.717) is 5.75 Å². The van der Waals surface area contributed by atoms with Crippen molar-refractivity contribution in [1.29, 1.82) is 0 Å². The van der Waals surface area contributed by atoms with Gasteiger partial charge in [-0.3, -0.25) is 0 Å². The van der Waals surface area contributed by atoms with Crippen LogP contribution in [0, 0.1) is 0 Å². The number of carbonyl (C=O) groups is 2. The molecule has 0 heterocycles. The molecule has 0 fully saturated rings. The van der Waals surface area contributed by atoms with E-state index in [0.717, 1.165) is 6.07 Å². The fraction of sp³-hybridized carbons (Fsp3) is 0.176. The van der Waals surface area contributed by atoms with Crippen molar-refractivity contribution in [1.82, 2.24) is 0 Å². The summed E-state index contributed by atoms with van der Waals surface area (Å²) in [6.45, 7) is 0. The van der Waals surface area contributed by atoms with E-state index < -0.39 is 11.9 Å². The lowest BCUT2D eigenvalue weighted by molar-refractivity contribution is 0.0591. The molecule has 0 aliphatic carbocycles. The predicted octanol–water partition coefficient (Wildman–Crippen LogP) is 2.07. The van der Waals surface area contributed by atoms with Gasteiger partial charge in [0.25, 0.3) is 0 Å². The summed E-state index contributed by atoms with van der Waals surface area (Å²) in [6, 6.07) is 7.77. The van der Waals surface area contributed by atoms with E-state index in [1.807, 2.05) is 0 Å². The number of carbonyl (C=O) groups excluding carboxylic acids is 2. The first-order valence-corrected chi connectivity index (χ1v) is 6.88. The highest BCUT2D eigenvalue weighted by molar-refractivity contribution is 5.90. The Morgan fingerprint density at radius 1 is 0.680 bits per heavy atom. The summed E-state index contributed by atoms with van der Waals surface area (Å²) in [4.78, 5) is 21.9. The fourth-order valence-corrected chi connectivity index (χ4v) is 1.77. The maximum atomic E-state index is 11.0. The van der Waals surface area contributed by atoms with Gasteiger partial charge in [0.15, 0.2) is 0 Å². The molecule has 0 spiro atoms. The molecule has 8 heteroatoms. The first-order valence-electron chi connectivity index (χ1n) is 6.88. The molecule has 0 atom stereocenters. The van der Waals surface area contributed by atoms with Crippen LogP contribution in [0.4, 0.5) is 0 Å². The SMILES string of the molecule is COC(=O)c1cc(O)cc(O)c1.COC(=O)c1cc(O)cc(OC)c1. The van der Waals surface area contributed by atoms with Gasteiger partial charge >= 0.3 is 11.9 Å². The lowest BCUT2D eigenvalue weighted by Crippen LogP contribution is -2.01. The second-order valence-electron chi connectivity index (χ2n) is 4.64. The summed E-state index contributed by atoms with van der Waals surface area (Å²) in [5.74, 6) is -1.05. The highest BCUT2D eigenvalue weighted by Gasteiger charge is 2.08. The highest BCUT2D eigenvalue weighted by Crippen LogP contribution is 2.22. The summed E-state index contributed by atoms with van der Waals surface area (Å²) >= 11 is 0. The van der Waals surface area contributed by atoms with Crippen molar-refractivity contribution in [3.05, 3.63) is 47.5 Å². The van der Waals surface area contributed by atoms with Gasteiger partial charge in [0, 0.05) is 12.1 Å². The molecule has 2 aromatic rings. The van der Waals surface area contributed by atoms with Crippen molar-refractivity contribution in [3.63, 3.8) is 0 Å². The van der Waals surface area contributed by atoms with Crippen LogP contribution in [0.3, 0.4) is 0 Å². The topological polar surface area (TPSA) is 123 Å². The van der Waals surface area contributed by atoms with Crippen molar-refractivity contribution >= 4 is 11.9 Å². The lowest BCUT2D eigenvalue weighted by Gasteiger charge is -2.03. The molecule has 0 radical (unpaired) electrons. The van der Waals surface area contributed by atoms with E-state index in [1.54, 1.807) is 0 Å². The summed E-state index contributed by atoms with van der Waals surface area (Å²) in [5, 5.41) is 27.1. The number of hydrogen-bond acceptors (Lipinski definition) is 8. The Bertz CT molecular complexity index is 734. The van der Waals surface area contributed by atoms with Gasteiger partial charge in [-0.2, -0.15) is 0 Å². The normalized spacial score (nSPS) is 9.40. The number of methoxy groups -OCH3 is 3. The molecule has 0 bridgehead atoms. The van der Waals surface area contributed by atoms with Crippen LogP contribution < -0.4 is 4.74 Å². The Hall–Kier alpha value is -3.42. The Morgan fingerprint density at radius 2 is 1.08 bits per heavy atom. The summed E-state index contributed by atoms with van der Waals surface area (Å²) < 4.78 is 13.7. The van der Waals surface area contributed by atoms with Gasteiger partial charge in [-0.15, -0.1) is 0 Å². The zero-order valence-electron chi connectivity index (χ0n) is 13.8. The molecular formula is C17H18O8. The minimum atomic E-state index is -0.596. The van der Waals surface area contributed by atoms with Crippen LogP contribution in [0.25, 0.3) is 0 Å². The van der Waals surface area contributed by atoms with Crippen LogP contribution in [0.15, 0.2) is 36.4 Å². The van der Waals surface area contributed by atoms with E-state index in [-0.39, 0.29) is 28.4 Å². The van der Waals surface area contributed by atoms with Crippen LogP contribution in [-0.2, 0) is 9.47 Å².